The number of hydrogen-bond acceptors (Lipinski definition) is 5. The molecule has 1 aliphatic rings. The van der Waals surface area contributed by atoms with E-state index in [4.69, 9.17) is 5.11 Å². The number of sulfonamides is 1. The molecular weight excluding hydrogens is 226 g/mol. The van der Waals surface area contributed by atoms with E-state index in [0.29, 0.717) is 6.08 Å². The highest BCUT2D eigenvalue weighted by Crippen LogP contribution is 2.17. The second-order valence-electron chi connectivity index (χ2n) is 2.49. The number of hydrogen-bond donors (Lipinski definition) is 1. The lowest BCUT2D eigenvalue weighted by Gasteiger charge is -1.96. The van der Waals surface area contributed by atoms with E-state index >= 15 is 0 Å². The van der Waals surface area contributed by atoms with Gasteiger partial charge in [0.15, 0.2) is 10.6 Å². The molecule has 0 aromatic carbocycles. The highest BCUT2D eigenvalue weighted by molar-refractivity contribution is 7.95. The number of carbonyl (C=O) groups is 2. The first-order chi connectivity index (χ1) is 6.88. The van der Waals surface area contributed by atoms with Crippen LogP contribution in [0.15, 0.2) is 15.4 Å². The Bertz CT molecular complexity index is 472. The fourth-order valence-electron chi connectivity index (χ4n) is 0.877. The Morgan fingerprint density at radius 2 is 2.13 bits per heavy atom. The Balaban J connectivity index is 3.08. The molecule has 0 fully saturated rings. The van der Waals surface area contributed by atoms with Crippen LogP contribution in [-0.2, 0) is 24.3 Å². The van der Waals surface area contributed by atoms with Crippen molar-refractivity contribution in [1.29, 1.82) is 0 Å². The molecule has 0 spiro atoms. The molecule has 1 aliphatic heterocycles. The predicted molar refractivity (Wildman–Crippen MR) is 48.7 cm³/mol. The van der Waals surface area contributed by atoms with Crippen LogP contribution in [0.2, 0.25) is 0 Å². The lowest BCUT2D eigenvalue weighted by Crippen LogP contribution is -2.14. The summed E-state index contributed by atoms with van der Waals surface area (Å²) < 4.78 is 29.6. The van der Waals surface area contributed by atoms with E-state index in [2.05, 4.69) is 9.13 Å². The maximum Gasteiger partial charge on any atom is 0.357 e. The SMILES string of the molecule is CCOC(=O)C1=NS(=O)(=O)C(C(=O)O)=C1. The summed E-state index contributed by atoms with van der Waals surface area (Å²) in [6.45, 7) is 1.58. The van der Waals surface area contributed by atoms with Gasteiger partial charge in [-0.3, -0.25) is 0 Å². The minimum absolute atomic E-state index is 0.0497. The van der Waals surface area contributed by atoms with Crippen molar-refractivity contribution in [2.24, 2.45) is 4.40 Å². The lowest BCUT2D eigenvalue weighted by atomic mass is 10.3. The molecule has 15 heavy (non-hydrogen) atoms. The number of rotatable bonds is 3. The van der Waals surface area contributed by atoms with E-state index in [-0.39, 0.29) is 6.61 Å². The summed E-state index contributed by atoms with van der Waals surface area (Å²) in [7, 11) is -4.25. The standard InChI is InChI=1S/C7H7NO6S/c1-2-14-7(11)4-3-5(6(9)10)15(12,13)8-4/h3H,2H2,1H3,(H,9,10). The van der Waals surface area contributed by atoms with Crippen molar-refractivity contribution in [1.82, 2.24) is 0 Å². The minimum Gasteiger partial charge on any atom is -0.477 e. The average molecular weight is 233 g/mol. The number of carbonyl (C=O) groups excluding carboxylic acids is 1. The quantitative estimate of drug-likeness (QED) is 0.645. The molecule has 1 heterocycles. The number of carboxylic acid groups (broad SMARTS) is 1. The van der Waals surface area contributed by atoms with Crippen molar-refractivity contribution in [3.8, 4) is 0 Å². The zero-order chi connectivity index (χ0) is 11.6. The zero-order valence-electron chi connectivity index (χ0n) is 7.63. The summed E-state index contributed by atoms with van der Waals surface area (Å²) in [5.74, 6) is -2.62. The van der Waals surface area contributed by atoms with Crippen molar-refractivity contribution in [3.63, 3.8) is 0 Å². The molecule has 82 valence electrons. The van der Waals surface area contributed by atoms with E-state index in [1.54, 1.807) is 0 Å². The van der Waals surface area contributed by atoms with E-state index in [0.717, 1.165) is 0 Å². The van der Waals surface area contributed by atoms with Gasteiger partial charge in [0, 0.05) is 6.08 Å². The van der Waals surface area contributed by atoms with Crippen molar-refractivity contribution in [3.05, 3.63) is 11.0 Å². The van der Waals surface area contributed by atoms with Gasteiger partial charge in [-0.15, -0.1) is 0 Å². The molecular formula is C7H7NO6S. The van der Waals surface area contributed by atoms with Gasteiger partial charge >= 0.3 is 11.9 Å². The fraction of sp³-hybridized carbons (Fsp3) is 0.286. The van der Waals surface area contributed by atoms with E-state index < -0.39 is 32.6 Å². The fourth-order valence-corrected chi connectivity index (χ4v) is 1.84. The lowest BCUT2D eigenvalue weighted by molar-refractivity contribution is -0.135. The topological polar surface area (TPSA) is 110 Å². The number of ether oxygens (including phenoxy) is 1. The molecule has 0 amide bonds. The Kier molecular flexibility index (Phi) is 2.89. The molecule has 0 unspecified atom stereocenters. The third-order valence-corrected chi connectivity index (χ3v) is 2.74. The summed E-state index contributed by atoms with van der Waals surface area (Å²) in [4.78, 5) is 20.6. The number of nitrogens with zero attached hydrogens (tertiary/aromatic N) is 1. The normalized spacial score (nSPS) is 17.9. The second-order valence-corrected chi connectivity index (χ2v) is 4.06. The van der Waals surface area contributed by atoms with Crippen LogP contribution in [0.1, 0.15) is 6.92 Å². The van der Waals surface area contributed by atoms with E-state index in [9.17, 15) is 18.0 Å². The first-order valence-corrected chi connectivity index (χ1v) is 5.29. The van der Waals surface area contributed by atoms with Crippen LogP contribution in [0, 0.1) is 0 Å². The van der Waals surface area contributed by atoms with Crippen LogP contribution < -0.4 is 0 Å². The Hall–Kier alpha value is -1.70. The third kappa shape index (κ3) is 2.21. The van der Waals surface area contributed by atoms with Gasteiger partial charge in [-0.1, -0.05) is 0 Å². The Morgan fingerprint density at radius 3 is 2.53 bits per heavy atom. The highest BCUT2D eigenvalue weighted by Gasteiger charge is 2.33. The first kappa shape index (κ1) is 11.4. The van der Waals surface area contributed by atoms with E-state index in [1.807, 2.05) is 0 Å². The highest BCUT2D eigenvalue weighted by atomic mass is 32.2. The molecule has 0 atom stereocenters. The number of carboxylic acids is 1. The zero-order valence-corrected chi connectivity index (χ0v) is 8.44. The molecule has 0 aromatic rings. The molecule has 7 nitrogen and oxygen atoms in total. The molecule has 0 aliphatic carbocycles. The second kappa shape index (κ2) is 3.81. The van der Waals surface area contributed by atoms with E-state index in [1.165, 1.54) is 6.92 Å². The molecule has 8 heteroatoms. The van der Waals surface area contributed by atoms with Gasteiger partial charge < -0.3 is 9.84 Å². The smallest absolute Gasteiger partial charge is 0.357 e. The van der Waals surface area contributed by atoms with Crippen LogP contribution in [0.5, 0.6) is 0 Å². The summed E-state index contributed by atoms with van der Waals surface area (Å²) in [5, 5.41) is 8.51. The maximum atomic E-state index is 11.1. The maximum absolute atomic E-state index is 11.1. The van der Waals surface area contributed by atoms with Gasteiger partial charge in [-0.05, 0) is 6.92 Å². The first-order valence-electron chi connectivity index (χ1n) is 3.85. The van der Waals surface area contributed by atoms with Crippen LogP contribution >= 0.6 is 0 Å². The largest absolute Gasteiger partial charge is 0.477 e. The molecule has 0 saturated heterocycles. The summed E-state index contributed by atoms with van der Waals surface area (Å²) in [6, 6.07) is 0. The minimum atomic E-state index is -4.25. The van der Waals surface area contributed by atoms with Crippen molar-refractivity contribution >= 4 is 27.7 Å². The monoisotopic (exact) mass is 233 g/mol. The molecule has 0 saturated carbocycles. The number of aliphatic carboxylic acids is 1. The van der Waals surface area contributed by atoms with Crippen molar-refractivity contribution in [2.75, 3.05) is 6.61 Å². The van der Waals surface area contributed by atoms with Gasteiger partial charge in [0.05, 0.1) is 6.61 Å². The molecule has 1 N–H and O–H groups in total. The summed E-state index contributed by atoms with van der Waals surface area (Å²) in [6.07, 6.45) is 0.676. The molecule has 0 radical (unpaired) electrons. The molecule has 0 aromatic heterocycles. The molecule has 1 rings (SSSR count). The van der Waals surface area contributed by atoms with Gasteiger partial charge in [-0.25, -0.2) is 9.59 Å². The van der Waals surface area contributed by atoms with Gasteiger partial charge in [-0.2, -0.15) is 12.8 Å². The van der Waals surface area contributed by atoms with Crippen LogP contribution in [0.4, 0.5) is 0 Å². The van der Waals surface area contributed by atoms with Crippen molar-refractivity contribution in [2.45, 2.75) is 6.92 Å². The Morgan fingerprint density at radius 1 is 1.53 bits per heavy atom. The van der Waals surface area contributed by atoms with Crippen LogP contribution in [0.3, 0.4) is 0 Å². The van der Waals surface area contributed by atoms with Gasteiger partial charge in [0.25, 0.3) is 10.0 Å². The average Bonchev–Trinajstić information content (AvgIpc) is 2.42. The van der Waals surface area contributed by atoms with Gasteiger partial charge in [0.1, 0.15) is 0 Å². The third-order valence-electron chi connectivity index (χ3n) is 1.46. The molecule has 0 bridgehead atoms. The van der Waals surface area contributed by atoms with Crippen molar-refractivity contribution < 1.29 is 27.9 Å². The van der Waals surface area contributed by atoms with Gasteiger partial charge in [0.2, 0.25) is 0 Å². The summed E-state index contributed by atoms with van der Waals surface area (Å²) in [5.41, 5.74) is -0.519. The summed E-state index contributed by atoms with van der Waals surface area (Å²) >= 11 is 0. The van der Waals surface area contributed by atoms with Crippen LogP contribution in [-0.4, -0.2) is 37.8 Å². The predicted octanol–water partition coefficient (Wildman–Crippen LogP) is -0.698. The number of esters is 1. The van der Waals surface area contributed by atoms with Crippen LogP contribution in [0.25, 0.3) is 0 Å². The Labute approximate surface area is 85.1 Å².